The zero-order valence-corrected chi connectivity index (χ0v) is 36.9. The molecule has 11 aliphatic rings. The minimum atomic E-state index is 0.195. The molecule has 0 radical (unpaired) electrons. The van der Waals surface area contributed by atoms with Gasteiger partial charge in [0.2, 0.25) is 6.71 Å². The van der Waals surface area contributed by atoms with Gasteiger partial charge in [0.1, 0.15) is 0 Å². The van der Waals surface area contributed by atoms with Crippen molar-refractivity contribution >= 4 is 6.71 Å². The molecule has 4 heterocycles. The van der Waals surface area contributed by atoms with Gasteiger partial charge in [-0.3, -0.25) is 4.90 Å². The monoisotopic (exact) mass is 745 g/mol. The Morgan fingerprint density at radius 2 is 1.29 bits per heavy atom. The van der Waals surface area contributed by atoms with Crippen molar-refractivity contribution in [2.75, 3.05) is 0 Å². The Balaban J connectivity index is 1.14. The molecular formula is C52H81BN2. The van der Waals surface area contributed by atoms with Gasteiger partial charge in [0, 0.05) is 40.2 Å². The number of fused-ring (bicyclic) bond motifs is 6. The Kier molecular flexibility index (Phi) is 8.61. The number of hydrogen-bond acceptors (Lipinski definition) is 2. The third kappa shape index (κ3) is 4.84. The van der Waals surface area contributed by atoms with Crippen LogP contribution < -0.4 is 0 Å². The highest BCUT2D eigenvalue weighted by Gasteiger charge is 2.76. The fourth-order valence-corrected chi connectivity index (χ4v) is 19.2. The van der Waals surface area contributed by atoms with E-state index in [0.717, 1.165) is 47.4 Å². The second-order valence-corrected chi connectivity index (χ2v) is 24.6. The summed E-state index contributed by atoms with van der Waals surface area (Å²) in [4.78, 5) is 6.75. The SMILES string of the molecule is CC(C)(C)C1CC2=C3B(C4=CC=C(C5CCCCC5)C5C4N2C(C)(C)C52CCCCC2)C2CCC(C4CCCCC4)C4C2N(C3C1)C(C)(C)C41CCCCC1. The van der Waals surface area contributed by atoms with Gasteiger partial charge in [-0.25, -0.2) is 0 Å². The van der Waals surface area contributed by atoms with E-state index >= 15 is 0 Å². The van der Waals surface area contributed by atoms with Crippen LogP contribution in [0.25, 0.3) is 0 Å². The third-order valence-corrected chi connectivity index (χ3v) is 21.5. The lowest BCUT2D eigenvalue weighted by molar-refractivity contribution is -0.0241. The van der Waals surface area contributed by atoms with E-state index < -0.39 is 0 Å². The van der Waals surface area contributed by atoms with Crippen LogP contribution in [0.15, 0.2) is 34.4 Å². The molecule has 0 aromatic rings. The minimum Gasteiger partial charge on any atom is -0.363 e. The van der Waals surface area contributed by atoms with Crippen molar-refractivity contribution in [1.82, 2.24) is 9.80 Å². The van der Waals surface area contributed by atoms with E-state index in [1.54, 1.807) is 19.3 Å². The number of rotatable bonds is 2. The number of hydrogen-bond donors (Lipinski definition) is 0. The van der Waals surface area contributed by atoms with Crippen molar-refractivity contribution in [3.8, 4) is 0 Å². The van der Waals surface area contributed by atoms with Crippen LogP contribution in [0.5, 0.6) is 0 Å². The fraction of sp³-hybridized carbons (Fsp3) is 0.885. The van der Waals surface area contributed by atoms with Gasteiger partial charge in [0.25, 0.3) is 0 Å². The summed E-state index contributed by atoms with van der Waals surface area (Å²) < 4.78 is 0. The lowest BCUT2D eigenvalue weighted by Gasteiger charge is -2.63. The topological polar surface area (TPSA) is 6.48 Å². The van der Waals surface area contributed by atoms with Gasteiger partial charge < -0.3 is 4.90 Å². The average molecular weight is 745 g/mol. The summed E-state index contributed by atoms with van der Waals surface area (Å²) in [6.07, 6.45) is 41.3. The first kappa shape index (κ1) is 37.1. The molecule has 0 aromatic heterocycles. The number of nitrogens with zero attached hydrogens (tertiary/aromatic N) is 2. The molecule has 302 valence electrons. The summed E-state index contributed by atoms with van der Waals surface area (Å²) in [5.74, 6) is 6.04. The van der Waals surface area contributed by atoms with Crippen LogP contribution in [0.3, 0.4) is 0 Å². The maximum absolute atomic E-state index is 3.44. The molecular weight excluding hydrogens is 663 g/mol. The van der Waals surface area contributed by atoms with Gasteiger partial charge in [0.05, 0.1) is 6.04 Å². The summed E-state index contributed by atoms with van der Waals surface area (Å²) >= 11 is 0. The third-order valence-electron chi connectivity index (χ3n) is 21.5. The zero-order chi connectivity index (χ0) is 37.7. The molecule has 0 bridgehead atoms. The molecule has 3 saturated heterocycles. The Bertz CT molecular complexity index is 1610. The smallest absolute Gasteiger partial charge is 0.211 e. The second-order valence-electron chi connectivity index (χ2n) is 24.6. The van der Waals surface area contributed by atoms with Crippen LogP contribution in [0, 0.1) is 51.8 Å². The molecule has 3 heteroatoms. The Morgan fingerprint density at radius 3 is 1.95 bits per heavy atom. The van der Waals surface area contributed by atoms with Crippen molar-refractivity contribution in [1.29, 1.82) is 0 Å². The van der Waals surface area contributed by atoms with Crippen LogP contribution in [0.2, 0.25) is 5.82 Å². The normalized spacial score (nSPS) is 41.9. The Hall–Kier alpha value is -0.955. The lowest BCUT2D eigenvalue weighted by atomic mass is 9.23. The molecule has 8 unspecified atom stereocenters. The predicted octanol–water partition coefficient (Wildman–Crippen LogP) is 13.5. The molecule has 55 heavy (non-hydrogen) atoms. The molecule has 2 spiro atoms. The van der Waals surface area contributed by atoms with Crippen molar-refractivity contribution in [2.45, 2.75) is 238 Å². The summed E-state index contributed by atoms with van der Waals surface area (Å²) in [6.45, 7) is 19.9. The largest absolute Gasteiger partial charge is 0.363 e. The van der Waals surface area contributed by atoms with E-state index in [-0.39, 0.29) is 11.1 Å². The quantitative estimate of drug-likeness (QED) is 0.260. The molecule has 11 rings (SSSR count). The van der Waals surface area contributed by atoms with Crippen LogP contribution in [-0.4, -0.2) is 45.7 Å². The highest BCUT2D eigenvalue weighted by Crippen LogP contribution is 2.75. The minimum absolute atomic E-state index is 0.195. The molecule has 8 atom stereocenters. The molecule has 8 fully saturated rings. The van der Waals surface area contributed by atoms with Gasteiger partial charge in [0.15, 0.2) is 0 Å². The average Bonchev–Trinajstić information content (AvgIpc) is 3.50. The maximum atomic E-state index is 3.44. The standard InChI is InChI=1S/C52H81BN2/c1-48(2,3)36-32-41-45-42(33-36)55-47-40(27-25-38(35-22-14-9-15-23-35)44(47)52(50(55,6)7)30-18-11-19-31-52)53(45)39-26-24-37(34-20-12-8-13-21-34)43-46(39)54(41)49(4,5)51(43)28-16-10-17-29-51/h24,26,34-36,38,40,42-44,46-47H,8-23,25,27-33H2,1-7H3. The molecule has 0 amide bonds. The van der Waals surface area contributed by atoms with E-state index in [2.05, 4.69) is 70.4 Å². The van der Waals surface area contributed by atoms with Crippen LogP contribution in [0.1, 0.15) is 203 Å². The second kappa shape index (κ2) is 12.8. The Labute approximate surface area is 339 Å². The maximum Gasteiger partial charge on any atom is 0.211 e. The van der Waals surface area contributed by atoms with Gasteiger partial charge >= 0.3 is 0 Å². The molecule has 0 N–H and O–H groups in total. The van der Waals surface area contributed by atoms with E-state index in [1.165, 1.54) is 135 Å². The molecule has 0 aromatic carbocycles. The van der Waals surface area contributed by atoms with E-state index in [0.29, 0.717) is 35.0 Å². The van der Waals surface area contributed by atoms with E-state index in [4.69, 9.17) is 0 Å². The van der Waals surface area contributed by atoms with Crippen molar-refractivity contribution < 1.29 is 0 Å². The predicted molar refractivity (Wildman–Crippen MR) is 232 cm³/mol. The number of allylic oxidation sites excluding steroid dienone is 3. The fourth-order valence-electron chi connectivity index (χ4n) is 19.2. The van der Waals surface area contributed by atoms with Gasteiger partial charge in [-0.2, -0.15) is 0 Å². The van der Waals surface area contributed by atoms with Crippen LogP contribution in [-0.2, 0) is 0 Å². The van der Waals surface area contributed by atoms with Crippen molar-refractivity contribution in [3.05, 3.63) is 34.4 Å². The molecule has 4 aliphatic heterocycles. The summed E-state index contributed by atoms with van der Waals surface area (Å²) in [5, 5.41) is 0. The van der Waals surface area contributed by atoms with Crippen molar-refractivity contribution in [2.24, 2.45) is 51.8 Å². The van der Waals surface area contributed by atoms with Crippen LogP contribution >= 0.6 is 0 Å². The first-order valence-electron chi connectivity index (χ1n) is 25.1. The summed E-state index contributed by atoms with van der Waals surface area (Å²) in [7, 11) is 0. The molecule has 2 nitrogen and oxygen atoms in total. The van der Waals surface area contributed by atoms with Gasteiger partial charge in [-0.1, -0.05) is 152 Å². The van der Waals surface area contributed by atoms with Crippen LogP contribution in [0.4, 0.5) is 0 Å². The first-order chi connectivity index (χ1) is 26.4. The highest BCUT2D eigenvalue weighted by atomic mass is 15.3. The highest BCUT2D eigenvalue weighted by molar-refractivity contribution is 6.77. The van der Waals surface area contributed by atoms with Gasteiger partial charge in [-0.15, -0.1) is 0 Å². The summed E-state index contributed by atoms with van der Waals surface area (Å²) in [6, 6.07) is 2.04. The van der Waals surface area contributed by atoms with Crippen molar-refractivity contribution in [3.63, 3.8) is 0 Å². The Morgan fingerprint density at radius 1 is 0.673 bits per heavy atom. The van der Waals surface area contributed by atoms with E-state index in [1.807, 2.05) is 22.2 Å². The lowest BCUT2D eigenvalue weighted by Crippen LogP contribution is -2.68. The molecule has 7 aliphatic carbocycles. The first-order valence-corrected chi connectivity index (χ1v) is 25.1. The summed E-state index contributed by atoms with van der Waals surface area (Å²) in [5.41, 5.74) is 9.55. The van der Waals surface area contributed by atoms with E-state index in [9.17, 15) is 0 Å². The van der Waals surface area contributed by atoms with Gasteiger partial charge in [-0.05, 0) is 125 Å². The molecule has 5 saturated carbocycles. The zero-order valence-electron chi connectivity index (χ0n) is 36.9.